The summed E-state index contributed by atoms with van der Waals surface area (Å²) < 4.78 is 1.87. The molecule has 0 amide bonds. The molecule has 0 unspecified atom stereocenters. The van der Waals surface area contributed by atoms with Gasteiger partial charge in [-0.2, -0.15) is 5.10 Å². The highest BCUT2D eigenvalue weighted by molar-refractivity contribution is 6.15. The topological polar surface area (TPSA) is 58.9 Å². The van der Waals surface area contributed by atoms with Gasteiger partial charge in [-0.25, -0.2) is 4.98 Å². The van der Waals surface area contributed by atoms with Gasteiger partial charge in [-0.3, -0.25) is 9.67 Å². The normalized spacial score (nSPS) is 11.4. The molecule has 7 heteroatoms. The first-order valence-corrected chi connectivity index (χ1v) is 8.95. The molecule has 0 bridgehead atoms. The van der Waals surface area contributed by atoms with Gasteiger partial charge in [0.25, 0.3) is 0 Å². The molecule has 0 aliphatic rings. The zero-order valence-corrected chi connectivity index (χ0v) is 17.0. The lowest BCUT2D eigenvalue weighted by molar-refractivity contribution is 0.405. The zero-order chi connectivity index (χ0) is 18.3. The highest BCUT2D eigenvalue weighted by Crippen LogP contribution is 2.35. The second-order valence-electron chi connectivity index (χ2n) is 7.01. The number of anilines is 1. The summed E-state index contributed by atoms with van der Waals surface area (Å²) in [7, 11) is 6.16. The predicted octanol–water partition coefficient (Wildman–Crippen LogP) is 3.76. The lowest BCUT2D eigenvalue weighted by Gasteiger charge is -2.14. The first kappa shape index (κ1) is 19.3. The van der Waals surface area contributed by atoms with Gasteiger partial charge >= 0.3 is 0 Å². The minimum absolute atomic E-state index is 0. The summed E-state index contributed by atoms with van der Waals surface area (Å²) in [6, 6.07) is 8.24. The molecule has 4 rings (SSSR count). The number of hydrogen-bond donors (Lipinski definition) is 1. The molecule has 0 saturated heterocycles. The van der Waals surface area contributed by atoms with E-state index in [4.69, 9.17) is 4.98 Å². The van der Waals surface area contributed by atoms with Crippen LogP contribution in [0.15, 0.2) is 30.5 Å². The van der Waals surface area contributed by atoms with E-state index in [2.05, 4.69) is 52.6 Å². The Bertz CT molecular complexity index is 1100. The summed E-state index contributed by atoms with van der Waals surface area (Å²) >= 11 is 0. The molecule has 27 heavy (non-hydrogen) atoms. The van der Waals surface area contributed by atoms with Gasteiger partial charge in [0, 0.05) is 30.6 Å². The summed E-state index contributed by atoms with van der Waals surface area (Å²) in [5.74, 6) is 0. The molecule has 142 valence electrons. The molecule has 0 fully saturated rings. The quantitative estimate of drug-likeness (QED) is 0.419. The number of fused-ring (bicyclic) bond motifs is 4. The largest absolute Gasteiger partial charge is 0.384 e. The third-order valence-electron chi connectivity index (χ3n) is 4.77. The average Bonchev–Trinajstić information content (AvgIpc) is 2.91. The molecule has 3 aromatic heterocycles. The number of benzene rings is 1. The third-order valence-corrected chi connectivity index (χ3v) is 4.77. The fourth-order valence-corrected chi connectivity index (χ4v) is 3.56. The fourth-order valence-electron chi connectivity index (χ4n) is 3.56. The maximum absolute atomic E-state index is 4.96. The molecule has 0 spiro atoms. The second kappa shape index (κ2) is 7.66. The van der Waals surface area contributed by atoms with Crippen LogP contribution in [-0.4, -0.2) is 51.8 Å². The van der Waals surface area contributed by atoms with Crippen molar-refractivity contribution in [3.63, 3.8) is 0 Å². The van der Waals surface area contributed by atoms with Crippen LogP contribution in [-0.2, 0) is 7.05 Å². The van der Waals surface area contributed by atoms with E-state index in [0.29, 0.717) is 0 Å². The molecule has 0 saturated carbocycles. The van der Waals surface area contributed by atoms with Crippen molar-refractivity contribution in [2.75, 3.05) is 32.5 Å². The van der Waals surface area contributed by atoms with Crippen LogP contribution in [0.4, 0.5) is 5.69 Å². The summed E-state index contributed by atoms with van der Waals surface area (Å²) in [5.41, 5.74) is 4.96. The lowest BCUT2D eigenvalue weighted by atomic mass is 10.1. The smallest absolute Gasteiger partial charge is 0.160 e. The van der Waals surface area contributed by atoms with Gasteiger partial charge < -0.3 is 10.2 Å². The maximum Gasteiger partial charge on any atom is 0.160 e. The zero-order valence-electron chi connectivity index (χ0n) is 16.2. The van der Waals surface area contributed by atoms with Crippen LogP contribution in [0.3, 0.4) is 0 Å². The summed E-state index contributed by atoms with van der Waals surface area (Å²) in [5, 5.41) is 11.6. The molecule has 1 aromatic carbocycles. The molecule has 0 atom stereocenters. The van der Waals surface area contributed by atoms with Crippen molar-refractivity contribution in [1.29, 1.82) is 0 Å². The van der Waals surface area contributed by atoms with Crippen molar-refractivity contribution >= 4 is 50.9 Å². The van der Waals surface area contributed by atoms with E-state index in [-0.39, 0.29) is 12.4 Å². The molecule has 4 aromatic rings. The Hall–Kier alpha value is -2.44. The van der Waals surface area contributed by atoms with Crippen LogP contribution in [0.2, 0.25) is 0 Å². The summed E-state index contributed by atoms with van der Waals surface area (Å²) in [4.78, 5) is 11.6. The van der Waals surface area contributed by atoms with Crippen LogP contribution < -0.4 is 5.32 Å². The highest BCUT2D eigenvalue weighted by Gasteiger charge is 2.17. The Labute approximate surface area is 165 Å². The second-order valence-corrected chi connectivity index (χ2v) is 7.01. The monoisotopic (exact) mass is 384 g/mol. The number of rotatable bonds is 5. The summed E-state index contributed by atoms with van der Waals surface area (Å²) in [6.45, 7) is 4.01. The summed E-state index contributed by atoms with van der Waals surface area (Å²) in [6.07, 6.45) is 2.90. The van der Waals surface area contributed by atoms with E-state index in [1.165, 1.54) is 0 Å². The van der Waals surface area contributed by atoms with Crippen LogP contribution in [0.1, 0.15) is 12.1 Å². The van der Waals surface area contributed by atoms with Crippen LogP contribution >= 0.6 is 12.4 Å². The number of hydrogen-bond acceptors (Lipinski definition) is 5. The first-order chi connectivity index (χ1) is 12.6. The number of aromatic nitrogens is 4. The third kappa shape index (κ3) is 3.42. The van der Waals surface area contributed by atoms with E-state index in [9.17, 15) is 0 Å². The van der Waals surface area contributed by atoms with Gasteiger partial charge in [0.1, 0.15) is 0 Å². The van der Waals surface area contributed by atoms with E-state index in [0.717, 1.165) is 63.7 Å². The van der Waals surface area contributed by atoms with Gasteiger partial charge in [0.15, 0.2) is 5.65 Å². The molecule has 1 N–H and O–H groups in total. The minimum atomic E-state index is 0. The molecular weight excluding hydrogens is 360 g/mol. The van der Waals surface area contributed by atoms with Crippen LogP contribution in [0, 0.1) is 6.92 Å². The highest BCUT2D eigenvalue weighted by atomic mass is 35.5. The average molecular weight is 385 g/mol. The Morgan fingerprint density at radius 3 is 2.74 bits per heavy atom. The van der Waals surface area contributed by atoms with Crippen molar-refractivity contribution in [2.45, 2.75) is 13.3 Å². The van der Waals surface area contributed by atoms with Crippen molar-refractivity contribution in [3.8, 4) is 0 Å². The molecule has 3 heterocycles. The number of pyridine rings is 2. The number of nitrogens with zero attached hydrogens (tertiary/aromatic N) is 5. The Kier molecular flexibility index (Phi) is 5.48. The molecule has 0 aliphatic carbocycles. The van der Waals surface area contributed by atoms with Gasteiger partial charge in [0.05, 0.1) is 27.8 Å². The van der Waals surface area contributed by atoms with Crippen LogP contribution in [0.5, 0.6) is 0 Å². The van der Waals surface area contributed by atoms with Crippen molar-refractivity contribution < 1.29 is 0 Å². The van der Waals surface area contributed by atoms with Gasteiger partial charge in [-0.15, -0.1) is 12.4 Å². The van der Waals surface area contributed by atoms with E-state index in [1.807, 2.05) is 30.9 Å². The lowest BCUT2D eigenvalue weighted by Crippen LogP contribution is -2.16. The number of halogens is 1. The van der Waals surface area contributed by atoms with Crippen molar-refractivity contribution in [3.05, 3.63) is 36.2 Å². The Morgan fingerprint density at radius 1 is 1.15 bits per heavy atom. The van der Waals surface area contributed by atoms with Gasteiger partial charge in [-0.05, 0) is 58.3 Å². The minimum Gasteiger partial charge on any atom is -0.384 e. The fraction of sp³-hybridized carbons (Fsp3) is 0.350. The van der Waals surface area contributed by atoms with Crippen molar-refractivity contribution in [2.24, 2.45) is 7.05 Å². The predicted molar refractivity (Wildman–Crippen MR) is 115 cm³/mol. The van der Waals surface area contributed by atoms with Gasteiger partial charge in [-0.1, -0.05) is 0 Å². The molecule has 0 radical (unpaired) electrons. The Balaban J connectivity index is 0.00000210. The molecule has 0 aliphatic heterocycles. The standard InChI is InChI=1S/C20H24N6.ClH/c1-13-17-19(22-11-6-12-25(2)3)15-8-9-16-14(7-5-10-21-16)18(15)23-20(17)26(4)24-13;/h5,7-10H,6,11-12H2,1-4H3,(H,22,23);1H. The van der Waals surface area contributed by atoms with Crippen LogP contribution in [0.25, 0.3) is 32.8 Å². The Morgan fingerprint density at radius 2 is 1.96 bits per heavy atom. The molecular formula is C20H25ClN6. The van der Waals surface area contributed by atoms with E-state index < -0.39 is 0 Å². The number of aryl methyl sites for hydroxylation is 2. The van der Waals surface area contributed by atoms with Crippen molar-refractivity contribution in [1.82, 2.24) is 24.6 Å². The van der Waals surface area contributed by atoms with Gasteiger partial charge in [0.2, 0.25) is 0 Å². The number of nitrogens with one attached hydrogen (secondary N) is 1. The maximum atomic E-state index is 4.96. The van der Waals surface area contributed by atoms with E-state index >= 15 is 0 Å². The first-order valence-electron chi connectivity index (χ1n) is 8.95. The van der Waals surface area contributed by atoms with E-state index in [1.54, 1.807) is 0 Å². The SMILES string of the molecule is Cc1nn(C)c2nc3c(ccc4ncccc43)c(NCCCN(C)C)c12.Cl. The molecule has 6 nitrogen and oxygen atoms in total.